The van der Waals surface area contributed by atoms with E-state index >= 15 is 0 Å². The summed E-state index contributed by atoms with van der Waals surface area (Å²) in [5, 5.41) is 9.14. The van der Waals surface area contributed by atoms with Gasteiger partial charge in [-0.15, -0.1) is 0 Å². The third-order valence-electron chi connectivity index (χ3n) is 2.45. The van der Waals surface area contributed by atoms with Crippen LogP contribution in [0.5, 0.6) is 0 Å². The molecule has 6 nitrogen and oxygen atoms in total. The monoisotopic (exact) mass is 278 g/mol. The molecule has 0 aromatic heterocycles. The van der Waals surface area contributed by atoms with Gasteiger partial charge in [0, 0.05) is 13.0 Å². The second-order valence-corrected chi connectivity index (χ2v) is 4.28. The minimum Gasteiger partial charge on any atom is -0.412 e. The highest BCUT2D eigenvalue weighted by Crippen LogP contribution is 1.88. The SMILES string of the molecule is CNCCC=O.CNCCCN(C)CCCNC.O. The molecular formula is C13H34N4O2. The molecule has 0 saturated heterocycles. The highest BCUT2D eigenvalue weighted by molar-refractivity contribution is 5.49. The zero-order valence-electron chi connectivity index (χ0n) is 13.1. The molecule has 0 rings (SSSR count). The molecular weight excluding hydrogens is 244 g/mol. The first-order valence-electron chi connectivity index (χ1n) is 6.78. The number of aldehydes is 1. The van der Waals surface area contributed by atoms with Gasteiger partial charge in [0.25, 0.3) is 0 Å². The fourth-order valence-corrected chi connectivity index (χ4v) is 1.37. The smallest absolute Gasteiger partial charge is 0.121 e. The van der Waals surface area contributed by atoms with Gasteiger partial charge in [-0.05, 0) is 67.2 Å². The van der Waals surface area contributed by atoms with Crippen molar-refractivity contribution in [1.29, 1.82) is 0 Å². The van der Waals surface area contributed by atoms with Crippen LogP contribution >= 0.6 is 0 Å². The number of nitrogens with zero attached hydrogens (tertiary/aromatic N) is 1. The topological polar surface area (TPSA) is 87.9 Å². The summed E-state index contributed by atoms with van der Waals surface area (Å²) in [5.74, 6) is 0. The molecule has 0 amide bonds. The van der Waals surface area contributed by atoms with Crippen molar-refractivity contribution in [2.75, 3.05) is 60.9 Å². The lowest BCUT2D eigenvalue weighted by Crippen LogP contribution is -2.25. The van der Waals surface area contributed by atoms with E-state index in [9.17, 15) is 4.79 Å². The van der Waals surface area contributed by atoms with E-state index in [1.807, 2.05) is 21.1 Å². The van der Waals surface area contributed by atoms with E-state index in [4.69, 9.17) is 0 Å². The first kappa shape index (κ1) is 23.6. The van der Waals surface area contributed by atoms with E-state index in [1.165, 1.54) is 25.9 Å². The maximum absolute atomic E-state index is 9.52. The van der Waals surface area contributed by atoms with Gasteiger partial charge < -0.3 is 31.1 Å². The van der Waals surface area contributed by atoms with Crippen LogP contribution in [0.1, 0.15) is 19.3 Å². The Bertz CT molecular complexity index is 150. The standard InChI is InChI=1S/C9H23N3.C4H9NO.H2O/c1-10-6-4-8-12(3)9-5-7-11-2;1-5-3-2-4-6;/h10-11H,4-9H2,1-3H3;4-5H,2-3H2,1H3;1H2. The van der Waals surface area contributed by atoms with E-state index in [0.717, 1.165) is 25.9 Å². The molecule has 0 aliphatic heterocycles. The number of rotatable bonds is 11. The third-order valence-corrected chi connectivity index (χ3v) is 2.45. The maximum atomic E-state index is 9.52. The van der Waals surface area contributed by atoms with Crippen LogP contribution in [0.2, 0.25) is 0 Å². The van der Waals surface area contributed by atoms with Crippen LogP contribution in [0.15, 0.2) is 0 Å². The molecule has 0 atom stereocenters. The third kappa shape index (κ3) is 26.9. The van der Waals surface area contributed by atoms with Gasteiger partial charge in [0.2, 0.25) is 0 Å². The van der Waals surface area contributed by atoms with Crippen LogP contribution in [0, 0.1) is 0 Å². The van der Waals surface area contributed by atoms with Crippen molar-refractivity contribution >= 4 is 6.29 Å². The molecule has 0 unspecified atom stereocenters. The van der Waals surface area contributed by atoms with Gasteiger partial charge in [-0.2, -0.15) is 0 Å². The minimum absolute atomic E-state index is 0. The van der Waals surface area contributed by atoms with Crippen molar-refractivity contribution in [2.45, 2.75) is 19.3 Å². The first-order chi connectivity index (χ1) is 8.72. The maximum Gasteiger partial charge on any atom is 0.121 e. The Balaban J connectivity index is -0.000000313. The van der Waals surface area contributed by atoms with Crippen molar-refractivity contribution in [2.24, 2.45) is 0 Å². The van der Waals surface area contributed by atoms with Crippen LogP contribution < -0.4 is 16.0 Å². The Morgan fingerprint density at radius 3 is 1.58 bits per heavy atom. The van der Waals surface area contributed by atoms with Crippen molar-refractivity contribution in [1.82, 2.24) is 20.9 Å². The van der Waals surface area contributed by atoms with E-state index in [1.54, 1.807) is 0 Å². The van der Waals surface area contributed by atoms with Crippen LogP contribution in [0.4, 0.5) is 0 Å². The highest BCUT2D eigenvalue weighted by Gasteiger charge is 1.95. The van der Waals surface area contributed by atoms with Crippen LogP contribution in [0.3, 0.4) is 0 Å². The Labute approximate surface area is 118 Å². The molecule has 0 aliphatic carbocycles. The van der Waals surface area contributed by atoms with Crippen LogP contribution in [-0.4, -0.2) is 77.6 Å². The normalized spacial score (nSPS) is 9.53. The highest BCUT2D eigenvalue weighted by atomic mass is 16.1. The van der Waals surface area contributed by atoms with E-state index in [0.29, 0.717) is 6.42 Å². The Hall–Kier alpha value is -0.530. The first-order valence-corrected chi connectivity index (χ1v) is 6.78. The lowest BCUT2D eigenvalue weighted by molar-refractivity contribution is -0.107. The summed E-state index contributed by atoms with van der Waals surface area (Å²) in [6.45, 7) is 5.44. The molecule has 19 heavy (non-hydrogen) atoms. The Kier molecular flexibility index (Phi) is 28.1. The van der Waals surface area contributed by atoms with E-state index in [2.05, 4.69) is 27.9 Å². The van der Waals surface area contributed by atoms with Crippen LogP contribution in [-0.2, 0) is 4.79 Å². The number of hydrogen-bond donors (Lipinski definition) is 3. The van der Waals surface area contributed by atoms with Crippen molar-refractivity contribution < 1.29 is 10.3 Å². The summed E-state index contributed by atoms with van der Waals surface area (Å²) < 4.78 is 0. The minimum atomic E-state index is 0. The average Bonchev–Trinajstić information content (AvgIpc) is 2.38. The predicted octanol–water partition coefficient (Wildman–Crippen LogP) is -0.893. The molecule has 6 heteroatoms. The largest absolute Gasteiger partial charge is 0.412 e. The number of carbonyl (C=O) groups excluding carboxylic acids is 1. The van der Waals surface area contributed by atoms with Gasteiger partial charge in [0.1, 0.15) is 6.29 Å². The molecule has 0 bridgehead atoms. The van der Waals surface area contributed by atoms with Gasteiger partial charge in [0.05, 0.1) is 0 Å². The molecule has 0 radical (unpaired) electrons. The zero-order chi connectivity index (χ0) is 14.1. The van der Waals surface area contributed by atoms with Gasteiger partial charge >= 0.3 is 0 Å². The van der Waals surface area contributed by atoms with Crippen LogP contribution in [0.25, 0.3) is 0 Å². The number of nitrogens with one attached hydrogen (secondary N) is 3. The van der Waals surface area contributed by atoms with Gasteiger partial charge in [-0.25, -0.2) is 0 Å². The summed E-state index contributed by atoms with van der Waals surface area (Å²) >= 11 is 0. The van der Waals surface area contributed by atoms with Crippen molar-refractivity contribution in [3.05, 3.63) is 0 Å². The molecule has 0 fully saturated rings. The van der Waals surface area contributed by atoms with Gasteiger partial charge in [0.15, 0.2) is 0 Å². The van der Waals surface area contributed by atoms with Gasteiger partial charge in [-0.3, -0.25) is 0 Å². The predicted molar refractivity (Wildman–Crippen MR) is 82.8 cm³/mol. The zero-order valence-corrected chi connectivity index (χ0v) is 13.1. The number of carbonyl (C=O) groups is 1. The summed E-state index contributed by atoms with van der Waals surface area (Å²) in [4.78, 5) is 11.9. The summed E-state index contributed by atoms with van der Waals surface area (Å²) in [6, 6.07) is 0. The Morgan fingerprint density at radius 1 is 0.895 bits per heavy atom. The molecule has 118 valence electrons. The molecule has 0 heterocycles. The Morgan fingerprint density at radius 2 is 1.32 bits per heavy atom. The molecule has 5 N–H and O–H groups in total. The van der Waals surface area contributed by atoms with Gasteiger partial charge in [-0.1, -0.05) is 0 Å². The molecule has 0 aromatic carbocycles. The summed E-state index contributed by atoms with van der Waals surface area (Å²) in [5.41, 5.74) is 0. The van der Waals surface area contributed by atoms with E-state index in [-0.39, 0.29) is 5.48 Å². The quantitative estimate of drug-likeness (QED) is 0.337. The molecule has 0 saturated carbocycles. The lowest BCUT2D eigenvalue weighted by atomic mass is 10.3. The summed E-state index contributed by atoms with van der Waals surface area (Å²) in [6.07, 6.45) is 4.01. The van der Waals surface area contributed by atoms with Crippen molar-refractivity contribution in [3.8, 4) is 0 Å². The second kappa shape index (κ2) is 22.6. The second-order valence-electron chi connectivity index (χ2n) is 4.28. The summed E-state index contributed by atoms with van der Waals surface area (Å²) in [7, 11) is 8.01. The molecule has 0 spiro atoms. The fraction of sp³-hybridized carbons (Fsp3) is 0.923. The van der Waals surface area contributed by atoms with E-state index < -0.39 is 0 Å². The number of hydrogen-bond acceptors (Lipinski definition) is 5. The average molecular weight is 278 g/mol. The lowest BCUT2D eigenvalue weighted by Gasteiger charge is -2.15. The molecule has 0 aromatic rings. The van der Waals surface area contributed by atoms with Crippen molar-refractivity contribution in [3.63, 3.8) is 0 Å². The fourth-order valence-electron chi connectivity index (χ4n) is 1.37. The molecule has 0 aliphatic rings.